The summed E-state index contributed by atoms with van der Waals surface area (Å²) in [6, 6.07) is 7.13. The van der Waals surface area contributed by atoms with E-state index in [2.05, 4.69) is 4.74 Å². The number of esters is 1. The first kappa shape index (κ1) is 16.5. The van der Waals surface area contributed by atoms with Crippen LogP contribution in [0.5, 0.6) is 0 Å². The smallest absolute Gasteiger partial charge is 0.313 e. The molecule has 0 aliphatic rings. The predicted molar refractivity (Wildman–Crippen MR) is 74.7 cm³/mol. The second-order valence-corrected chi connectivity index (χ2v) is 5.97. The van der Waals surface area contributed by atoms with Gasteiger partial charge in [0, 0.05) is 11.3 Å². The Morgan fingerprint density at radius 3 is 2.45 bits per heavy atom. The molecule has 6 heteroatoms. The first-order valence-electron chi connectivity index (χ1n) is 6.14. The van der Waals surface area contributed by atoms with Crippen molar-refractivity contribution in [1.82, 2.24) is 0 Å². The van der Waals surface area contributed by atoms with E-state index < -0.39 is 28.7 Å². The summed E-state index contributed by atoms with van der Waals surface area (Å²) in [5.41, 5.74) is 1.06. The van der Waals surface area contributed by atoms with Crippen molar-refractivity contribution in [2.24, 2.45) is 0 Å². The fraction of sp³-hybridized carbons (Fsp3) is 0.429. The molecule has 0 aliphatic carbocycles. The molecule has 1 N–H and O–H groups in total. The zero-order valence-corrected chi connectivity index (χ0v) is 12.3. The molecule has 20 heavy (non-hydrogen) atoms. The summed E-state index contributed by atoms with van der Waals surface area (Å²) in [7, 11) is -0.178. The molecule has 0 amide bonds. The Kier molecular flexibility index (Phi) is 6.54. The van der Waals surface area contributed by atoms with Gasteiger partial charge in [0.15, 0.2) is 0 Å². The van der Waals surface area contributed by atoms with Crippen molar-refractivity contribution < 1.29 is 23.6 Å². The van der Waals surface area contributed by atoms with Gasteiger partial charge >= 0.3 is 5.97 Å². The molecule has 2 atom stereocenters. The Bertz CT molecular complexity index is 495. The number of aliphatic hydroxyl groups excluding tert-OH is 1. The third-order valence-corrected chi connectivity index (χ3v) is 4.15. The minimum Gasteiger partial charge on any atom is -0.469 e. The van der Waals surface area contributed by atoms with E-state index in [4.69, 9.17) is 0 Å². The van der Waals surface area contributed by atoms with E-state index in [-0.39, 0.29) is 18.6 Å². The Morgan fingerprint density at radius 1 is 1.30 bits per heavy atom. The number of methoxy groups -OCH3 is 1. The summed E-state index contributed by atoms with van der Waals surface area (Å²) < 4.78 is 16.3. The van der Waals surface area contributed by atoms with Crippen molar-refractivity contribution in [3.63, 3.8) is 0 Å². The molecule has 0 aliphatic heterocycles. The van der Waals surface area contributed by atoms with Gasteiger partial charge in [0.1, 0.15) is 12.2 Å². The van der Waals surface area contributed by atoms with E-state index in [0.29, 0.717) is 4.90 Å². The van der Waals surface area contributed by atoms with Crippen LogP contribution in [0.3, 0.4) is 0 Å². The maximum absolute atomic E-state index is 12.0. The van der Waals surface area contributed by atoms with E-state index >= 15 is 0 Å². The van der Waals surface area contributed by atoms with Gasteiger partial charge in [0.25, 0.3) is 0 Å². The van der Waals surface area contributed by atoms with Crippen molar-refractivity contribution in [1.29, 1.82) is 0 Å². The molecule has 0 aromatic heterocycles. The average Bonchev–Trinajstić information content (AvgIpc) is 2.38. The Morgan fingerprint density at radius 2 is 1.90 bits per heavy atom. The van der Waals surface area contributed by atoms with Crippen LogP contribution in [-0.2, 0) is 25.1 Å². The number of hydrogen-bond donors (Lipinski definition) is 1. The second-order valence-electron chi connectivity index (χ2n) is 4.47. The third kappa shape index (κ3) is 5.63. The van der Waals surface area contributed by atoms with Crippen LogP contribution in [0.4, 0.5) is 0 Å². The standard InChI is InChI=1S/C14H18O5S/c1-10-3-5-13(6-4-10)20(18)9-12(16)7-11(15)8-14(17)19-2/h3-6,12,16H,7-9H2,1-2H3/t12-,20+/m0/s1. The summed E-state index contributed by atoms with van der Waals surface area (Å²) in [4.78, 5) is 22.9. The number of ether oxygens (including phenoxy) is 1. The lowest BCUT2D eigenvalue weighted by molar-refractivity contribution is -0.143. The topological polar surface area (TPSA) is 80.7 Å². The molecular weight excluding hydrogens is 280 g/mol. The molecule has 0 radical (unpaired) electrons. The molecule has 0 fully saturated rings. The molecule has 0 bridgehead atoms. The lowest BCUT2D eigenvalue weighted by Gasteiger charge is -2.09. The second kappa shape index (κ2) is 7.91. The van der Waals surface area contributed by atoms with Gasteiger partial charge in [0.2, 0.25) is 0 Å². The Labute approximate surface area is 120 Å². The Balaban J connectivity index is 2.47. The number of aryl methyl sites for hydroxylation is 1. The summed E-state index contributed by atoms with van der Waals surface area (Å²) in [5, 5.41) is 9.73. The minimum absolute atomic E-state index is 0.0318. The normalized spacial score (nSPS) is 13.6. The summed E-state index contributed by atoms with van der Waals surface area (Å²) in [6.07, 6.45) is -1.61. The molecule has 1 rings (SSSR count). The molecule has 0 saturated carbocycles. The zero-order valence-electron chi connectivity index (χ0n) is 11.5. The van der Waals surface area contributed by atoms with Crippen LogP contribution in [0.2, 0.25) is 0 Å². The lowest BCUT2D eigenvalue weighted by Crippen LogP contribution is -2.22. The molecule has 5 nitrogen and oxygen atoms in total. The highest BCUT2D eigenvalue weighted by molar-refractivity contribution is 7.85. The van der Waals surface area contributed by atoms with Crippen LogP contribution in [0, 0.1) is 6.92 Å². The van der Waals surface area contributed by atoms with Crippen LogP contribution in [0.25, 0.3) is 0 Å². The number of Topliss-reactive ketones (excluding diaryl/α,β-unsaturated/α-hetero) is 1. The van der Waals surface area contributed by atoms with Gasteiger partial charge in [0.05, 0.1) is 29.8 Å². The van der Waals surface area contributed by atoms with Crippen molar-refractivity contribution >= 4 is 22.6 Å². The highest BCUT2D eigenvalue weighted by Gasteiger charge is 2.17. The van der Waals surface area contributed by atoms with Gasteiger partial charge in [-0.2, -0.15) is 0 Å². The molecule has 0 saturated heterocycles. The molecule has 110 valence electrons. The molecular formula is C14H18O5S. The number of carbonyl (C=O) groups is 2. The summed E-state index contributed by atoms with van der Waals surface area (Å²) >= 11 is 0. The van der Waals surface area contributed by atoms with Crippen LogP contribution in [0.1, 0.15) is 18.4 Å². The zero-order chi connectivity index (χ0) is 15.1. The quantitative estimate of drug-likeness (QED) is 0.599. The van der Waals surface area contributed by atoms with Crippen molar-refractivity contribution in [2.75, 3.05) is 12.9 Å². The van der Waals surface area contributed by atoms with Crippen molar-refractivity contribution in [2.45, 2.75) is 30.8 Å². The number of aliphatic hydroxyl groups is 1. The number of ketones is 1. The molecule has 1 aromatic rings. The van der Waals surface area contributed by atoms with Gasteiger partial charge in [-0.3, -0.25) is 13.8 Å². The van der Waals surface area contributed by atoms with E-state index in [1.54, 1.807) is 12.1 Å². The van der Waals surface area contributed by atoms with Gasteiger partial charge in [-0.15, -0.1) is 0 Å². The van der Waals surface area contributed by atoms with Crippen molar-refractivity contribution in [3.8, 4) is 0 Å². The number of benzene rings is 1. The molecule has 0 heterocycles. The lowest BCUT2D eigenvalue weighted by atomic mass is 10.1. The average molecular weight is 298 g/mol. The maximum atomic E-state index is 12.0. The predicted octanol–water partition coefficient (Wildman–Crippen LogP) is 0.986. The van der Waals surface area contributed by atoms with Crippen LogP contribution in [0.15, 0.2) is 29.2 Å². The largest absolute Gasteiger partial charge is 0.469 e. The minimum atomic E-state index is -1.37. The van der Waals surface area contributed by atoms with Gasteiger partial charge in [-0.1, -0.05) is 17.7 Å². The monoisotopic (exact) mass is 298 g/mol. The van der Waals surface area contributed by atoms with Gasteiger partial charge in [-0.05, 0) is 19.1 Å². The van der Waals surface area contributed by atoms with Crippen LogP contribution < -0.4 is 0 Å². The SMILES string of the molecule is COC(=O)CC(=O)C[C@H](O)C[S@@](=O)c1ccc(C)cc1. The van der Waals surface area contributed by atoms with Crippen LogP contribution >= 0.6 is 0 Å². The molecule has 0 unspecified atom stereocenters. The van der Waals surface area contributed by atoms with E-state index in [1.165, 1.54) is 7.11 Å². The van der Waals surface area contributed by atoms with Gasteiger partial charge < -0.3 is 9.84 Å². The van der Waals surface area contributed by atoms with Crippen molar-refractivity contribution in [3.05, 3.63) is 29.8 Å². The maximum Gasteiger partial charge on any atom is 0.313 e. The first-order chi connectivity index (χ1) is 9.42. The van der Waals surface area contributed by atoms with Crippen LogP contribution in [-0.4, -0.2) is 40.0 Å². The third-order valence-electron chi connectivity index (χ3n) is 2.66. The summed E-state index contributed by atoms with van der Waals surface area (Å²) in [6.45, 7) is 1.92. The first-order valence-corrected chi connectivity index (χ1v) is 7.46. The molecule has 1 aromatic carbocycles. The Hall–Kier alpha value is -1.53. The van der Waals surface area contributed by atoms with Gasteiger partial charge in [-0.25, -0.2) is 0 Å². The highest BCUT2D eigenvalue weighted by atomic mass is 32.2. The van der Waals surface area contributed by atoms with E-state index in [9.17, 15) is 18.9 Å². The number of rotatable bonds is 7. The molecule has 0 spiro atoms. The number of carbonyl (C=O) groups excluding carboxylic acids is 2. The fourth-order valence-electron chi connectivity index (χ4n) is 1.59. The highest BCUT2D eigenvalue weighted by Crippen LogP contribution is 2.11. The summed E-state index contributed by atoms with van der Waals surface area (Å²) in [5.74, 6) is -1.09. The fourth-order valence-corrected chi connectivity index (χ4v) is 2.69. The van der Waals surface area contributed by atoms with E-state index in [0.717, 1.165) is 5.56 Å². The number of hydrogen-bond acceptors (Lipinski definition) is 5. The van der Waals surface area contributed by atoms with E-state index in [1.807, 2.05) is 19.1 Å².